The number of nitrogens with zero attached hydrogens (tertiary/aromatic N) is 2. The molecule has 0 aliphatic rings. The van der Waals surface area contributed by atoms with E-state index in [1.807, 2.05) is 27.7 Å². The maximum Gasteiger partial charge on any atom is 0.499 e. The van der Waals surface area contributed by atoms with Gasteiger partial charge in [-0.05, 0) is 42.4 Å². The molecule has 0 saturated carbocycles. The topological polar surface area (TPSA) is 105 Å². The van der Waals surface area contributed by atoms with Gasteiger partial charge in [0.2, 0.25) is 0 Å². The molecule has 0 aliphatic heterocycles. The number of aryl methyl sites for hydroxylation is 3. The van der Waals surface area contributed by atoms with Crippen molar-refractivity contribution in [1.29, 1.82) is 0 Å². The Bertz CT molecular complexity index is 872. The van der Waals surface area contributed by atoms with Gasteiger partial charge >= 0.3 is 4.38 Å². The Hall–Kier alpha value is -1.50. The molecule has 1 aromatic carbocycles. The molecule has 0 spiro atoms. The monoisotopic (exact) mass is 400 g/mol. The molecule has 26 heavy (non-hydrogen) atoms. The third-order valence-corrected chi connectivity index (χ3v) is 8.80. The minimum absolute atomic E-state index is 0.0356. The molecular weight excluding hydrogens is 372 g/mol. The van der Waals surface area contributed by atoms with Gasteiger partial charge in [0, 0.05) is 0 Å². The van der Waals surface area contributed by atoms with Gasteiger partial charge in [-0.15, -0.1) is 4.79 Å². The van der Waals surface area contributed by atoms with Crippen LogP contribution in [0.25, 0.3) is 5.53 Å². The predicted molar refractivity (Wildman–Crippen MR) is 104 cm³/mol. The molecule has 0 amide bonds. The van der Waals surface area contributed by atoms with Crippen molar-refractivity contribution in [3.8, 4) is 0 Å². The Morgan fingerprint density at radius 3 is 1.85 bits per heavy atom. The van der Waals surface area contributed by atoms with Crippen molar-refractivity contribution < 1.29 is 21.6 Å². The molecule has 6 nitrogen and oxygen atoms in total. The van der Waals surface area contributed by atoms with Gasteiger partial charge in [-0.25, -0.2) is 16.8 Å². The standard InChI is InChI=1S/C18H28N2O4S2/c1-5-9-10-11-25(21,22)18(20-19)26(23,24)17-15(7-3)12-14(6-2)13-16(17)8-4/h12-13H,5-11H2,1-4H3. The van der Waals surface area contributed by atoms with E-state index < -0.39 is 24.1 Å². The van der Waals surface area contributed by atoms with Gasteiger partial charge in [0.1, 0.15) is 0 Å². The average Bonchev–Trinajstić information content (AvgIpc) is 2.60. The largest absolute Gasteiger partial charge is 0.499 e. The van der Waals surface area contributed by atoms with Crippen LogP contribution in [0, 0.1) is 0 Å². The summed E-state index contributed by atoms with van der Waals surface area (Å²) in [6.45, 7) is 7.53. The SMILES string of the molecule is CCCCCS(=O)(=O)C(=[N+]=[N-])S(=O)(=O)c1c(CC)cc(CC)cc1CC. The Morgan fingerprint density at radius 2 is 1.46 bits per heavy atom. The van der Waals surface area contributed by atoms with Gasteiger partial charge in [0.15, 0.2) is 0 Å². The van der Waals surface area contributed by atoms with E-state index in [2.05, 4.69) is 4.79 Å². The number of benzene rings is 1. The molecule has 0 bridgehead atoms. The molecule has 146 valence electrons. The maximum absolute atomic E-state index is 13.1. The van der Waals surface area contributed by atoms with Crippen molar-refractivity contribution in [2.75, 3.05) is 5.75 Å². The number of rotatable bonds is 8. The summed E-state index contributed by atoms with van der Waals surface area (Å²) in [4.78, 5) is 2.69. The lowest BCUT2D eigenvalue weighted by atomic mass is 10.0. The molecule has 8 heteroatoms. The highest BCUT2D eigenvalue weighted by Gasteiger charge is 2.44. The number of hydrogen-bond acceptors (Lipinski definition) is 4. The van der Waals surface area contributed by atoms with E-state index in [0.29, 0.717) is 36.8 Å². The number of hydrogen-bond donors (Lipinski definition) is 0. The van der Waals surface area contributed by atoms with Crippen molar-refractivity contribution in [2.24, 2.45) is 0 Å². The van der Waals surface area contributed by atoms with Crippen LogP contribution in [0.1, 0.15) is 63.6 Å². The lowest BCUT2D eigenvalue weighted by Gasteiger charge is -2.14. The second kappa shape index (κ2) is 9.44. The highest BCUT2D eigenvalue weighted by molar-refractivity contribution is 8.31. The summed E-state index contributed by atoms with van der Waals surface area (Å²) in [5.74, 6) is -0.352. The fraction of sp³-hybridized carbons (Fsp3) is 0.611. The third kappa shape index (κ3) is 4.81. The van der Waals surface area contributed by atoms with E-state index >= 15 is 0 Å². The van der Waals surface area contributed by atoms with Crippen LogP contribution in [-0.2, 0) is 38.9 Å². The smallest absolute Gasteiger partial charge is 0.359 e. The van der Waals surface area contributed by atoms with E-state index in [-0.39, 0.29) is 10.6 Å². The van der Waals surface area contributed by atoms with Crippen LogP contribution in [0.4, 0.5) is 0 Å². The first-order valence-corrected chi connectivity index (χ1v) is 12.2. The van der Waals surface area contributed by atoms with Crippen molar-refractivity contribution in [3.05, 3.63) is 34.4 Å². The average molecular weight is 401 g/mol. The zero-order valence-electron chi connectivity index (χ0n) is 15.9. The molecule has 1 rings (SSSR count). The molecule has 0 unspecified atom stereocenters. The number of sulfone groups is 2. The minimum atomic E-state index is -4.44. The first-order chi connectivity index (χ1) is 12.2. The van der Waals surface area contributed by atoms with Crippen LogP contribution in [0.5, 0.6) is 0 Å². The van der Waals surface area contributed by atoms with Crippen LogP contribution in [-0.4, -0.2) is 31.8 Å². The first-order valence-electron chi connectivity index (χ1n) is 9.04. The summed E-state index contributed by atoms with van der Waals surface area (Å²) in [5.41, 5.74) is 11.4. The van der Waals surface area contributed by atoms with E-state index in [1.165, 1.54) is 0 Å². The molecule has 0 saturated heterocycles. The molecule has 0 N–H and O–H groups in total. The molecule has 1 aromatic rings. The third-order valence-electron chi connectivity index (χ3n) is 4.34. The van der Waals surface area contributed by atoms with Gasteiger partial charge in [-0.1, -0.05) is 52.7 Å². The summed E-state index contributed by atoms with van der Waals surface area (Å²) in [6, 6.07) is 3.56. The fourth-order valence-corrected chi connectivity index (χ4v) is 7.00. The summed E-state index contributed by atoms with van der Waals surface area (Å²) < 4.78 is 50.1. The molecule has 0 atom stereocenters. The molecule has 0 heterocycles. The maximum atomic E-state index is 13.1. The second-order valence-corrected chi connectivity index (χ2v) is 10.3. The number of unbranched alkanes of at least 4 members (excludes halogenated alkanes) is 2. The fourth-order valence-electron chi connectivity index (χ4n) is 2.90. The van der Waals surface area contributed by atoms with Gasteiger partial charge in [0.25, 0.3) is 19.7 Å². The van der Waals surface area contributed by atoms with Crippen molar-refractivity contribution >= 4 is 24.1 Å². The Balaban J connectivity index is 3.61. The van der Waals surface area contributed by atoms with Crippen molar-refractivity contribution in [2.45, 2.75) is 71.1 Å². The molecule has 0 fully saturated rings. The predicted octanol–water partition coefficient (Wildman–Crippen LogP) is 3.34. The summed E-state index contributed by atoms with van der Waals surface area (Å²) in [6.07, 6.45) is 3.39. The summed E-state index contributed by atoms with van der Waals surface area (Å²) in [7, 11) is -8.65. The van der Waals surface area contributed by atoms with Gasteiger partial charge < -0.3 is 5.53 Å². The van der Waals surface area contributed by atoms with Crippen molar-refractivity contribution in [3.63, 3.8) is 0 Å². The zero-order chi connectivity index (χ0) is 20.0. The molecule has 0 aliphatic carbocycles. The van der Waals surface area contributed by atoms with Gasteiger partial charge in [0.05, 0.1) is 10.6 Å². The lowest BCUT2D eigenvalue weighted by molar-refractivity contribution is 0.00379. The van der Waals surface area contributed by atoms with E-state index in [9.17, 15) is 22.4 Å². The van der Waals surface area contributed by atoms with E-state index in [1.54, 1.807) is 12.1 Å². The van der Waals surface area contributed by atoms with Crippen LogP contribution >= 0.6 is 0 Å². The highest BCUT2D eigenvalue weighted by atomic mass is 32.3. The Labute approximate surface area is 157 Å². The zero-order valence-corrected chi connectivity index (χ0v) is 17.6. The summed E-state index contributed by atoms with van der Waals surface area (Å²) >= 11 is 0. The molecule has 0 aromatic heterocycles. The van der Waals surface area contributed by atoms with E-state index in [4.69, 9.17) is 0 Å². The van der Waals surface area contributed by atoms with Crippen LogP contribution in [0.2, 0.25) is 0 Å². The molecular formula is C18H28N2O4S2. The molecule has 0 radical (unpaired) electrons. The normalized spacial score (nSPS) is 12.0. The van der Waals surface area contributed by atoms with Crippen LogP contribution in [0.15, 0.2) is 17.0 Å². The first kappa shape index (κ1) is 22.5. The van der Waals surface area contributed by atoms with Crippen LogP contribution in [0.3, 0.4) is 0 Å². The summed E-state index contributed by atoms with van der Waals surface area (Å²) in [5, 5.41) is 0. The van der Waals surface area contributed by atoms with Crippen molar-refractivity contribution in [1.82, 2.24) is 0 Å². The Morgan fingerprint density at radius 1 is 0.923 bits per heavy atom. The van der Waals surface area contributed by atoms with Gasteiger partial charge in [-0.2, -0.15) is 0 Å². The quantitative estimate of drug-likeness (QED) is 0.219. The second-order valence-electron chi connectivity index (χ2n) is 6.20. The van der Waals surface area contributed by atoms with Crippen LogP contribution < -0.4 is 0 Å². The van der Waals surface area contributed by atoms with E-state index in [0.717, 1.165) is 18.4 Å². The Kier molecular flexibility index (Phi) is 8.18. The lowest BCUT2D eigenvalue weighted by Crippen LogP contribution is -2.29. The minimum Gasteiger partial charge on any atom is -0.359 e. The highest BCUT2D eigenvalue weighted by Crippen LogP contribution is 2.27. The van der Waals surface area contributed by atoms with Gasteiger partial charge in [-0.3, -0.25) is 0 Å².